The van der Waals surface area contributed by atoms with Gasteiger partial charge in [0.2, 0.25) is 10.0 Å². The Balaban J connectivity index is 2.21. The Bertz CT molecular complexity index is 557. The maximum absolute atomic E-state index is 13.8. The molecule has 4 nitrogen and oxygen atoms in total. The quantitative estimate of drug-likeness (QED) is 0.876. The molecular formula is C15H23FN2O2S. The highest BCUT2D eigenvalue weighted by Crippen LogP contribution is 2.22. The second-order valence-electron chi connectivity index (χ2n) is 5.51. The van der Waals surface area contributed by atoms with Gasteiger partial charge in [0.05, 0.1) is 0 Å². The Morgan fingerprint density at radius 3 is 2.76 bits per heavy atom. The second kappa shape index (κ2) is 7.33. The summed E-state index contributed by atoms with van der Waals surface area (Å²) in [6.07, 6.45) is 2.79. The first-order chi connectivity index (χ1) is 10.1. The van der Waals surface area contributed by atoms with Crippen molar-refractivity contribution >= 4 is 10.0 Å². The molecular weight excluding hydrogens is 291 g/mol. The maximum atomic E-state index is 13.8. The SMILES string of the molecule is CCCN(CC1CCCNC1)S(=O)(=O)c1ccccc1F. The third-order valence-electron chi connectivity index (χ3n) is 3.79. The van der Waals surface area contributed by atoms with E-state index in [4.69, 9.17) is 0 Å². The lowest BCUT2D eigenvalue weighted by Gasteiger charge is -2.29. The maximum Gasteiger partial charge on any atom is 0.245 e. The van der Waals surface area contributed by atoms with Crippen LogP contribution < -0.4 is 5.32 Å². The highest BCUT2D eigenvalue weighted by molar-refractivity contribution is 7.89. The number of rotatable bonds is 6. The molecule has 118 valence electrons. The highest BCUT2D eigenvalue weighted by Gasteiger charge is 2.29. The number of nitrogens with zero attached hydrogens (tertiary/aromatic N) is 1. The minimum absolute atomic E-state index is 0.220. The van der Waals surface area contributed by atoms with E-state index in [1.54, 1.807) is 6.07 Å². The number of halogens is 1. The van der Waals surface area contributed by atoms with E-state index < -0.39 is 15.8 Å². The molecule has 6 heteroatoms. The van der Waals surface area contributed by atoms with E-state index in [-0.39, 0.29) is 4.90 Å². The molecule has 0 saturated carbocycles. The Hall–Kier alpha value is -0.980. The summed E-state index contributed by atoms with van der Waals surface area (Å²) in [6, 6.07) is 5.59. The molecule has 1 aliphatic rings. The van der Waals surface area contributed by atoms with Gasteiger partial charge >= 0.3 is 0 Å². The highest BCUT2D eigenvalue weighted by atomic mass is 32.2. The smallest absolute Gasteiger partial charge is 0.245 e. The van der Waals surface area contributed by atoms with Crippen molar-refractivity contribution in [2.75, 3.05) is 26.2 Å². The molecule has 1 fully saturated rings. The van der Waals surface area contributed by atoms with Crippen LogP contribution in [0.5, 0.6) is 0 Å². The van der Waals surface area contributed by atoms with Crippen LogP contribution in [0.4, 0.5) is 4.39 Å². The van der Waals surface area contributed by atoms with Gasteiger partial charge in [-0.3, -0.25) is 0 Å². The van der Waals surface area contributed by atoms with E-state index in [9.17, 15) is 12.8 Å². The topological polar surface area (TPSA) is 49.4 Å². The zero-order chi connectivity index (χ0) is 15.3. The summed E-state index contributed by atoms with van der Waals surface area (Å²) in [7, 11) is -3.76. The summed E-state index contributed by atoms with van der Waals surface area (Å²) in [5.74, 6) is -0.382. The minimum atomic E-state index is -3.76. The first-order valence-corrected chi connectivity index (χ1v) is 8.95. The van der Waals surface area contributed by atoms with Gasteiger partial charge in [0.25, 0.3) is 0 Å². The average Bonchev–Trinajstić information content (AvgIpc) is 2.48. The molecule has 1 atom stereocenters. The summed E-state index contributed by atoms with van der Waals surface area (Å²) in [4.78, 5) is -0.220. The van der Waals surface area contributed by atoms with Crippen LogP contribution in [-0.4, -0.2) is 38.9 Å². The number of hydrogen-bond donors (Lipinski definition) is 1. The zero-order valence-corrected chi connectivity index (χ0v) is 13.2. The number of nitrogens with one attached hydrogen (secondary N) is 1. The fourth-order valence-corrected chi connectivity index (χ4v) is 4.39. The molecule has 21 heavy (non-hydrogen) atoms. The standard InChI is InChI=1S/C15H23FN2O2S/c1-2-10-18(12-13-6-5-9-17-11-13)21(19,20)15-8-4-3-7-14(15)16/h3-4,7-8,13,17H,2,5-6,9-12H2,1H3. The Morgan fingerprint density at radius 1 is 1.38 bits per heavy atom. The predicted octanol–water partition coefficient (Wildman–Crippen LogP) is 2.23. The van der Waals surface area contributed by atoms with E-state index in [0.29, 0.717) is 25.4 Å². The lowest BCUT2D eigenvalue weighted by molar-refractivity contribution is 0.291. The second-order valence-corrected chi connectivity index (χ2v) is 7.41. The predicted molar refractivity (Wildman–Crippen MR) is 81.0 cm³/mol. The molecule has 0 aromatic heterocycles. The Kier molecular flexibility index (Phi) is 5.72. The number of sulfonamides is 1. The summed E-state index contributed by atoms with van der Waals surface area (Å²) in [5.41, 5.74) is 0. The van der Waals surface area contributed by atoms with Crippen molar-refractivity contribution in [2.45, 2.75) is 31.1 Å². The third kappa shape index (κ3) is 4.02. The van der Waals surface area contributed by atoms with E-state index in [2.05, 4.69) is 5.32 Å². The molecule has 1 aliphatic heterocycles. The van der Waals surface area contributed by atoms with Gasteiger partial charge in [-0.05, 0) is 50.4 Å². The van der Waals surface area contributed by atoms with Crippen LogP contribution in [0.3, 0.4) is 0 Å². The zero-order valence-electron chi connectivity index (χ0n) is 12.4. The molecule has 0 bridgehead atoms. The van der Waals surface area contributed by atoms with Crippen LogP contribution in [0.1, 0.15) is 26.2 Å². The minimum Gasteiger partial charge on any atom is -0.316 e. The van der Waals surface area contributed by atoms with Crippen LogP contribution in [0.25, 0.3) is 0 Å². The van der Waals surface area contributed by atoms with Crippen molar-refractivity contribution in [1.29, 1.82) is 0 Å². The number of hydrogen-bond acceptors (Lipinski definition) is 3. The van der Waals surface area contributed by atoms with Crippen molar-refractivity contribution in [2.24, 2.45) is 5.92 Å². The lowest BCUT2D eigenvalue weighted by Crippen LogP contribution is -2.41. The van der Waals surface area contributed by atoms with Gasteiger partial charge in [-0.25, -0.2) is 12.8 Å². The first kappa shape index (κ1) is 16.4. The van der Waals surface area contributed by atoms with Crippen molar-refractivity contribution in [3.8, 4) is 0 Å². The molecule has 1 aromatic carbocycles. The Morgan fingerprint density at radius 2 is 2.14 bits per heavy atom. The Labute approximate surface area is 126 Å². The van der Waals surface area contributed by atoms with Crippen molar-refractivity contribution in [1.82, 2.24) is 9.62 Å². The van der Waals surface area contributed by atoms with E-state index in [0.717, 1.165) is 25.9 Å². The van der Waals surface area contributed by atoms with Gasteiger partial charge in [0, 0.05) is 13.1 Å². The van der Waals surface area contributed by atoms with Gasteiger partial charge in [0.1, 0.15) is 10.7 Å². The van der Waals surface area contributed by atoms with Gasteiger partial charge in [-0.1, -0.05) is 19.1 Å². The molecule has 1 unspecified atom stereocenters. The number of piperidine rings is 1. The molecule has 0 radical (unpaired) electrons. The average molecular weight is 314 g/mol. The normalized spacial score (nSPS) is 19.9. The fourth-order valence-electron chi connectivity index (χ4n) is 2.72. The van der Waals surface area contributed by atoms with Gasteiger partial charge in [-0.2, -0.15) is 4.31 Å². The molecule has 0 amide bonds. The van der Waals surface area contributed by atoms with Crippen molar-refractivity contribution < 1.29 is 12.8 Å². The van der Waals surface area contributed by atoms with Crippen LogP contribution in [0, 0.1) is 11.7 Å². The van der Waals surface area contributed by atoms with E-state index in [1.807, 2.05) is 6.92 Å². The van der Waals surface area contributed by atoms with Gasteiger partial charge in [0.15, 0.2) is 0 Å². The largest absolute Gasteiger partial charge is 0.316 e. The number of benzene rings is 1. The van der Waals surface area contributed by atoms with Crippen molar-refractivity contribution in [3.63, 3.8) is 0 Å². The third-order valence-corrected chi connectivity index (χ3v) is 5.69. The lowest BCUT2D eigenvalue weighted by atomic mass is 10.00. The molecule has 1 saturated heterocycles. The van der Waals surface area contributed by atoms with Gasteiger partial charge in [-0.15, -0.1) is 0 Å². The van der Waals surface area contributed by atoms with Gasteiger partial charge < -0.3 is 5.32 Å². The molecule has 1 aromatic rings. The summed E-state index contributed by atoms with van der Waals surface area (Å²) >= 11 is 0. The van der Waals surface area contributed by atoms with Crippen LogP contribution in [0.15, 0.2) is 29.2 Å². The van der Waals surface area contributed by atoms with Crippen LogP contribution in [-0.2, 0) is 10.0 Å². The summed E-state index contributed by atoms with van der Waals surface area (Å²) < 4.78 is 40.6. The van der Waals surface area contributed by atoms with Crippen molar-refractivity contribution in [3.05, 3.63) is 30.1 Å². The molecule has 0 spiro atoms. The first-order valence-electron chi connectivity index (χ1n) is 7.51. The van der Waals surface area contributed by atoms with E-state index in [1.165, 1.54) is 22.5 Å². The fraction of sp³-hybridized carbons (Fsp3) is 0.600. The molecule has 0 aliphatic carbocycles. The summed E-state index contributed by atoms with van der Waals surface area (Å²) in [5, 5.41) is 3.29. The van der Waals surface area contributed by atoms with Crippen LogP contribution in [0.2, 0.25) is 0 Å². The molecule has 1 heterocycles. The monoisotopic (exact) mass is 314 g/mol. The summed E-state index contributed by atoms with van der Waals surface area (Å²) in [6.45, 7) is 4.63. The molecule has 1 N–H and O–H groups in total. The molecule has 2 rings (SSSR count). The van der Waals surface area contributed by atoms with E-state index >= 15 is 0 Å². The van der Waals surface area contributed by atoms with Crippen LogP contribution >= 0.6 is 0 Å².